The highest BCUT2D eigenvalue weighted by Crippen LogP contribution is 2.43. The zero-order valence-electron chi connectivity index (χ0n) is 15.7. The van der Waals surface area contributed by atoms with Crippen molar-refractivity contribution in [3.63, 3.8) is 0 Å². The smallest absolute Gasteiger partial charge is 0.257 e. The summed E-state index contributed by atoms with van der Waals surface area (Å²) in [6, 6.07) is 5.79. The number of carbonyl (C=O) groups is 1. The van der Waals surface area contributed by atoms with Crippen LogP contribution in [0, 0.1) is 0 Å². The van der Waals surface area contributed by atoms with E-state index in [0.717, 1.165) is 50.2 Å². The largest absolute Gasteiger partial charge is 0.337 e. The summed E-state index contributed by atoms with van der Waals surface area (Å²) in [6.45, 7) is 1.57. The van der Waals surface area contributed by atoms with E-state index in [2.05, 4.69) is 24.1 Å². The first kappa shape index (κ1) is 18.8. The first-order valence-corrected chi connectivity index (χ1v) is 10.2. The van der Waals surface area contributed by atoms with Gasteiger partial charge in [0.05, 0.1) is 28.2 Å². The fourth-order valence-corrected chi connectivity index (χ4v) is 4.34. The minimum atomic E-state index is 0.0831. The van der Waals surface area contributed by atoms with Gasteiger partial charge in [-0.3, -0.25) is 4.79 Å². The Kier molecular flexibility index (Phi) is 5.19. The molecule has 1 saturated heterocycles. The summed E-state index contributed by atoms with van der Waals surface area (Å²) in [7, 11) is 4.16. The van der Waals surface area contributed by atoms with E-state index in [1.165, 1.54) is 0 Å². The lowest BCUT2D eigenvalue weighted by Gasteiger charge is -2.36. The van der Waals surface area contributed by atoms with Crippen LogP contribution >= 0.6 is 23.2 Å². The van der Waals surface area contributed by atoms with E-state index in [0.29, 0.717) is 27.6 Å². The van der Waals surface area contributed by atoms with Gasteiger partial charge in [0.15, 0.2) is 0 Å². The summed E-state index contributed by atoms with van der Waals surface area (Å²) in [6.07, 6.45) is 6.03. The van der Waals surface area contributed by atoms with Crippen molar-refractivity contribution in [1.29, 1.82) is 0 Å². The number of hydrogen-bond acceptors (Lipinski definition) is 3. The molecule has 2 aliphatic rings. The molecule has 1 unspecified atom stereocenters. The molecule has 0 spiro atoms. The molecular formula is C20H24Cl2N4O. The Balaban J connectivity index is 1.68. The third-order valence-corrected chi connectivity index (χ3v) is 6.09. The van der Waals surface area contributed by atoms with E-state index in [-0.39, 0.29) is 5.91 Å². The Labute approximate surface area is 169 Å². The van der Waals surface area contributed by atoms with Crippen LogP contribution in [-0.4, -0.2) is 58.7 Å². The number of halogens is 2. The second kappa shape index (κ2) is 7.46. The van der Waals surface area contributed by atoms with Crippen LogP contribution < -0.4 is 0 Å². The average molecular weight is 407 g/mol. The summed E-state index contributed by atoms with van der Waals surface area (Å²) in [5.41, 5.74) is 2.46. The fraction of sp³-hybridized carbons (Fsp3) is 0.500. The quantitative estimate of drug-likeness (QED) is 0.762. The van der Waals surface area contributed by atoms with E-state index in [4.69, 9.17) is 23.2 Å². The normalized spacial score (nSPS) is 20.3. The highest BCUT2D eigenvalue weighted by atomic mass is 35.5. The Morgan fingerprint density at radius 2 is 2.00 bits per heavy atom. The molecule has 0 N–H and O–H groups in total. The number of rotatable bonds is 4. The van der Waals surface area contributed by atoms with Gasteiger partial charge in [-0.2, -0.15) is 5.10 Å². The minimum Gasteiger partial charge on any atom is -0.337 e. The van der Waals surface area contributed by atoms with Crippen molar-refractivity contribution in [2.45, 2.75) is 37.6 Å². The Morgan fingerprint density at radius 3 is 2.67 bits per heavy atom. The molecule has 1 atom stereocenters. The third kappa shape index (κ3) is 3.73. The number of hydrogen-bond donors (Lipinski definition) is 0. The standard InChI is InChI=1S/C20H24Cl2N4O/c1-24(2)15-4-3-9-25(12-15)20(27)16-11-23-26(19(16)13-5-6-13)18-8-7-14(21)10-17(18)22/h7-8,10-11,13,15H,3-6,9,12H2,1-2H3. The van der Waals surface area contributed by atoms with Gasteiger partial charge >= 0.3 is 0 Å². The molecule has 27 heavy (non-hydrogen) atoms. The molecular weight excluding hydrogens is 383 g/mol. The van der Waals surface area contributed by atoms with Crippen LogP contribution in [0.1, 0.15) is 47.7 Å². The van der Waals surface area contributed by atoms with E-state index in [9.17, 15) is 4.79 Å². The Morgan fingerprint density at radius 1 is 1.22 bits per heavy atom. The summed E-state index contributed by atoms with van der Waals surface area (Å²) >= 11 is 12.4. The van der Waals surface area contributed by atoms with Crippen LogP contribution in [0.4, 0.5) is 0 Å². The Hall–Kier alpha value is -1.56. The summed E-state index contributed by atoms with van der Waals surface area (Å²) in [4.78, 5) is 17.5. The Bertz CT molecular complexity index is 860. The maximum Gasteiger partial charge on any atom is 0.257 e. The molecule has 0 radical (unpaired) electrons. The second-order valence-corrected chi connectivity index (χ2v) is 8.58. The molecule has 0 bridgehead atoms. The van der Waals surface area contributed by atoms with Crippen LogP contribution in [0.5, 0.6) is 0 Å². The molecule has 1 aliphatic heterocycles. The van der Waals surface area contributed by atoms with E-state index in [1.807, 2.05) is 15.6 Å². The molecule has 1 saturated carbocycles. The van der Waals surface area contributed by atoms with Crippen molar-refractivity contribution in [2.75, 3.05) is 27.2 Å². The molecule has 4 rings (SSSR count). The van der Waals surface area contributed by atoms with Crippen molar-refractivity contribution in [3.8, 4) is 5.69 Å². The monoisotopic (exact) mass is 406 g/mol. The number of likely N-dealkylation sites (tertiary alicyclic amines) is 1. The molecule has 7 heteroatoms. The predicted molar refractivity (Wildman–Crippen MR) is 108 cm³/mol. The van der Waals surface area contributed by atoms with Gasteiger partial charge in [0.25, 0.3) is 5.91 Å². The topological polar surface area (TPSA) is 41.4 Å². The van der Waals surface area contributed by atoms with Gasteiger partial charge in [-0.1, -0.05) is 23.2 Å². The van der Waals surface area contributed by atoms with Gasteiger partial charge in [-0.25, -0.2) is 4.68 Å². The van der Waals surface area contributed by atoms with E-state index < -0.39 is 0 Å². The second-order valence-electron chi connectivity index (χ2n) is 7.74. The average Bonchev–Trinajstić information content (AvgIpc) is 3.40. The lowest BCUT2D eigenvalue weighted by atomic mass is 10.0. The third-order valence-electron chi connectivity index (χ3n) is 5.55. The van der Waals surface area contributed by atoms with Gasteiger partial charge in [0, 0.05) is 30.1 Å². The molecule has 1 amide bonds. The van der Waals surface area contributed by atoms with Gasteiger partial charge in [-0.05, 0) is 58.0 Å². The highest BCUT2D eigenvalue weighted by Gasteiger charge is 2.35. The SMILES string of the molecule is CN(C)C1CCCN(C(=O)c2cnn(-c3ccc(Cl)cc3Cl)c2C2CC2)C1. The van der Waals surface area contributed by atoms with Crippen molar-refractivity contribution in [3.05, 3.63) is 45.7 Å². The lowest BCUT2D eigenvalue weighted by molar-refractivity contribution is 0.0634. The number of carbonyl (C=O) groups excluding carboxylic acids is 1. The molecule has 2 heterocycles. The number of nitrogens with zero attached hydrogens (tertiary/aromatic N) is 4. The predicted octanol–water partition coefficient (Wildman–Crippen LogP) is 4.22. The van der Waals surface area contributed by atoms with Crippen molar-refractivity contribution >= 4 is 29.1 Å². The maximum atomic E-state index is 13.3. The van der Waals surface area contributed by atoms with E-state index in [1.54, 1.807) is 18.3 Å². The first-order chi connectivity index (χ1) is 13.0. The van der Waals surface area contributed by atoms with Crippen LogP contribution in [0.15, 0.2) is 24.4 Å². The number of amides is 1. The van der Waals surface area contributed by atoms with Crippen LogP contribution in [0.3, 0.4) is 0 Å². The molecule has 144 valence electrons. The zero-order valence-corrected chi connectivity index (χ0v) is 17.2. The van der Waals surface area contributed by atoms with Gasteiger partial charge in [0.1, 0.15) is 0 Å². The van der Waals surface area contributed by atoms with Crippen LogP contribution in [0.2, 0.25) is 10.0 Å². The first-order valence-electron chi connectivity index (χ1n) is 9.44. The number of piperidine rings is 1. The zero-order chi connectivity index (χ0) is 19.1. The maximum absolute atomic E-state index is 13.3. The number of benzene rings is 1. The van der Waals surface area contributed by atoms with Crippen molar-refractivity contribution in [2.24, 2.45) is 0 Å². The minimum absolute atomic E-state index is 0.0831. The molecule has 5 nitrogen and oxygen atoms in total. The van der Waals surface area contributed by atoms with Crippen molar-refractivity contribution in [1.82, 2.24) is 19.6 Å². The molecule has 1 aliphatic carbocycles. The van der Waals surface area contributed by atoms with Crippen LogP contribution in [-0.2, 0) is 0 Å². The van der Waals surface area contributed by atoms with E-state index >= 15 is 0 Å². The molecule has 1 aromatic carbocycles. The molecule has 2 fully saturated rings. The number of aromatic nitrogens is 2. The van der Waals surface area contributed by atoms with Gasteiger partial charge < -0.3 is 9.80 Å². The lowest BCUT2D eigenvalue weighted by Crippen LogP contribution is -2.47. The summed E-state index contributed by atoms with van der Waals surface area (Å²) in [5.74, 6) is 0.451. The molecule has 1 aromatic heterocycles. The van der Waals surface area contributed by atoms with Gasteiger partial charge in [0.2, 0.25) is 0 Å². The fourth-order valence-electron chi connectivity index (χ4n) is 3.85. The van der Waals surface area contributed by atoms with Crippen LogP contribution in [0.25, 0.3) is 5.69 Å². The molecule has 2 aromatic rings. The summed E-state index contributed by atoms with van der Waals surface area (Å²) < 4.78 is 1.83. The summed E-state index contributed by atoms with van der Waals surface area (Å²) in [5, 5.41) is 5.66. The van der Waals surface area contributed by atoms with Gasteiger partial charge in [-0.15, -0.1) is 0 Å². The number of likely N-dealkylation sites (N-methyl/N-ethyl adjacent to an activating group) is 1. The van der Waals surface area contributed by atoms with Crippen molar-refractivity contribution < 1.29 is 4.79 Å². The highest BCUT2D eigenvalue weighted by molar-refractivity contribution is 6.35.